The lowest BCUT2D eigenvalue weighted by molar-refractivity contribution is 0.0299. The third-order valence-electron chi connectivity index (χ3n) is 4.22. The van der Waals surface area contributed by atoms with Crippen LogP contribution in [0, 0.1) is 5.41 Å². The normalized spacial score (nSPS) is 20.5. The molecule has 0 aromatic carbocycles. The highest BCUT2D eigenvalue weighted by molar-refractivity contribution is 8.04. The highest BCUT2D eigenvalue weighted by Gasteiger charge is 2.36. The number of hydrogen-bond donors (Lipinski definition) is 2. The Balaban J connectivity index is 2.16. The van der Waals surface area contributed by atoms with Gasteiger partial charge in [0.25, 0.3) is 0 Å². The molecule has 0 fully saturated rings. The van der Waals surface area contributed by atoms with Gasteiger partial charge in [-0.05, 0) is 30.2 Å². The van der Waals surface area contributed by atoms with Crippen LogP contribution in [0.2, 0.25) is 0 Å². The zero-order valence-electron chi connectivity index (χ0n) is 12.8. The second-order valence-corrected chi connectivity index (χ2v) is 8.27. The van der Waals surface area contributed by atoms with Crippen molar-refractivity contribution >= 4 is 34.3 Å². The Morgan fingerprint density at radius 1 is 1.45 bits per heavy atom. The number of fused-ring (bicyclic) bond motifs is 1. The summed E-state index contributed by atoms with van der Waals surface area (Å²) in [6.45, 7) is 4.18. The Morgan fingerprint density at radius 2 is 2.18 bits per heavy atom. The van der Waals surface area contributed by atoms with Crippen molar-refractivity contribution in [2.75, 3.05) is 13.7 Å². The van der Waals surface area contributed by atoms with Crippen LogP contribution >= 0.6 is 23.4 Å². The molecule has 0 bridgehead atoms. The average Bonchev–Trinajstić information content (AvgIpc) is 2.97. The molecule has 22 heavy (non-hydrogen) atoms. The topological polar surface area (TPSA) is 70.0 Å². The van der Waals surface area contributed by atoms with Gasteiger partial charge in [0.2, 0.25) is 0 Å². The Bertz CT molecular complexity index is 663. The van der Waals surface area contributed by atoms with Crippen LogP contribution in [0.4, 0.5) is 0 Å². The highest BCUT2D eigenvalue weighted by atomic mass is 32.2. The third-order valence-corrected chi connectivity index (χ3v) is 6.56. The van der Waals surface area contributed by atoms with E-state index in [1.54, 1.807) is 7.05 Å². The molecule has 1 aromatic rings. The van der Waals surface area contributed by atoms with Crippen molar-refractivity contribution in [2.45, 2.75) is 33.1 Å². The molecule has 2 heterocycles. The lowest BCUT2D eigenvalue weighted by Gasteiger charge is -2.29. The van der Waals surface area contributed by atoms with Crippen LogP contribution < -0.4 is 0 Å². The SMILES string of the molecule is CN1OSC(c2sc3c(c2C(=O)O)CC(C)(C)CC3)=C1CO. The molecule has 0 saturated heterocycles. The molecule has 0 saturated carbocycles. The largest absolute Gasteiger partial charge is 0.478 e. The predicted molar refractivity (Wildman–Crippen MR) is 87.5 cm³/mol. The van der Waals surface area contributed by atoms with E-state index in [2.05, 4.69) is 13.8 Å². The molecule has 2 N–H and O–H groups in total. The predicted octanol–water partition coefficient (Wildman–Crippen LogP) is 3.15. The maximum absolute atomic E-state index is 11.9. The number of aliphatic hydroxyl groups is 1. The van der Waals surface area contributed by atoms with Gasteiger partial charge in [0.05, 0.1) is 39.7 Å². The van der Waals surface area contributed by atoms with Crippen molar-refractivity contribution in [3.05, 3.63) is 26.6 Å². The van der Waals surface area contributed by atoms with Crippen molar-refractivity contribution in [1.29, 1.82) is 0 Å². The first-order valence-electron chi connectivity index (χ1n) is 7.14. The number of thiophene rings is 1. The van der Waals surface area contributed by atoms with Gasteiger partial charge in [-0.25, -0.2) is 9.86 Å². The number of aliphatic hydroxyl groups excluding tert-OH is 1. The first-order valence-corrected chi connectivity index (χ1v) is 8.70. The molecule has 0 amide bonds. The number of hydroxylamine groups is 2. The van der Waals surface area contributed by atoms with E-state index in [-0.39, 0.29) is 12.0 Å². The number of carboxylic acids is 1. The minimum Gasteiger partial charge on any atom is -0.478 e. The van der Waals surface area contributed by atoms with Gasteiger partial charge in [0, 0.05) is 11.9 Å². The standard InChI is InChI=1S/C15H19NO4S2/c1-15(2)5-4-10-8(6-15)11(14(18)19)13(21-10)12-9(7-17)16(3)20-22-12/h17H,4-7H2,1-3H3,(H,18,19). The van der Waals surface area contributed by atoms with Crippen LogP contribution in [0.5, 0.6) is 0 Å². The summed E-state index contributed by atoms with van der Waals surface area (Å²) in [4.78, 5) is 14.5. The molecular formula is C15H19NO4S2. The average molecular weight is 341 g/mol. The number of aromatic carboxylic acids is 1. The minimum atomic E-state index is -0.898. The Morgan fingerprint density at radius 3 is 2.82 bits per heavy atom. The summed E-state index contributed by atoms with van der Waals surface area (Å²) in [5.41, 5.74) is 2.09. The molecule has 1 aliphatic carbocycles. The second-order valence-electron chi connectivity index (χ2n) is 6.44. The van der Waals surface area contributed by atoms with Crippen molar-refractivity contribution in [1.82, 2.24) is 5.06 Å². The van der Waals surface area contributed by atoms with E-state index in [0.29, 0.717) is 16.1 Å². The van der Waals surface area contributed by atoms with Gasteiger partial charge < -0.3 is 10.2 Å². The molecule has 0 spiro atoms. The zero-order valence-corrected chi connectivity index (χ0v) is 14.4. The Hall–Kier alpha value is -1.02. The highest BCUT2D eigenvalue weighted by Crippen LogP contribution is 2.49. The molecule has 0 unspecified atom stereocenters. The lowest BCUT2D eigenvalue weighted by Crippen LogP contribution is -2.22. The van der Waals surface area contributed by atoms with Gasteiger partial charge in [0.15, 0.2) is 0 Å². The number of aryl methyl sites for hydroxylation is 1. The van der Waals surface area contributed by atoms with E-state index in [9.17, 15) is 15.0 Å². The zero-order chi connectivity index (χ0) is 16.1. The molecule has 3 rings (SSSR count). The molecule has 120 valence electrons. The van der Waals surface area contributed by atoms with E-state index in [0.717, 1.165) is 46.7 Å². The summed E-state index contributed by atoms with van der Waals surface area (Å²) < 4.78 is 5.36. The van der Waals surface area contributed by atoms with Gasteiger partial charge in [-0.1, -0.05) is 13.8 Å². The quantitative estimate of drug-likeness (QED) is 0.823. The summed E-state index contributed by atoms with van der Waals surface area (Å²) in [7, 11) is 1.71. The van der Waals surface area contributed by atoms with Crippen LogP contribution in [0.1, 0.15) is 45.9 Å². The van der Waals surface area contributed by atoms with E-state index in [1.165, 1.54) is 16.4 Å². The third kappa shape index (κ3) is 2.56. The first-order chi connectivity index (χ1) is 10.3. The number of rotatable bonds is 3. The molecule has 1 aliphatic heterocycles. The van der Waals surface area contributed by atoms with E-state index in [4.69, 9.17) is 4.28 Å². The maximum atomic E-state index is 11.9. The molecule has 7 heteroatoms. The van der Waals surface area contributed by atoms with Crippen molar-refractivity contribution in [3.8, 4) is 0 Å². The van der Waals surface area contributed by atoms with Crippen LogP contribution in [-0.4, -0.2) is 34.9 Å². The molecule has 5 nitrogen and oxygen atoms in total. The van der Waals surface area contributed by atoms with E-state index < -0.39 is 5.97 Å². The van der Waals surface area contributed by atoms with Gasteiger partial charge >= 0.3 is 5.97 Å². The van der Waals surface area contributed by atoms with Gasteiger partial charge in [0.1, 0.15) is 0 Å². The van der Waals surface area contributed by atoms with Crippen LogP contribution in [0.25, 0.3) is 4.91 Å². The molecule has 2 aliphatic rings. The molecule has 1 aromatic heterocycles. The van der Waals surface area contributed by atoms with Gasteiger partial charge in [-0.15, -0.1) is 11.3 Å². The van der Waals surface area contributed by atoms with Crippen molar-refractivity contribution in [2.24, 2.45) is 5.41 Å². The second kappa shape index (κ2) is 5.56. The number of carbonyl (C=O) groups is 1. The first kappa shape index (κ1) is 15.9. The number of carboxylic acid groups (broad SMARTS) is 1. The van der Waals surface area contributed by atoms with Crippen LogP contribution in [-0.2, 0) is 17.1 Å². The summed E-state index contributed by atoms with van der Waals surface area (Å²) in [5, 5.41) is 20.8. The van der Waals surface area contributed by atoms with Crippen LogP contribution in [0.3, 0.4) is 0 Å². The molecule has 0 atom stereocenters. The van der Waals surface area contributed by atoms with E-state index in [1.807, 2.05) is 0 Å². The smallest absolute Gasteiger partial charge is 0.337 e. The molecular weight excluding hydrogens is 322 g/mol. The summed E-state index contributed by atoms with van der Waals surface area (Å²) >= 11 is 2.66. The fourth-order valence-corrected chi connectivity index (χ4v) is 5.22. The number of nitrogens with zero attached hydrogens (tertiary/aromatic N) is 1. The fourth-order valence-electron chi connectivity index (χ4n) is 2.98. The monoisotopic (exact) mass is 341 g/mol. The number of likely N-dealkylation sites (N-methyl/N-ethyl adjacent to an activating group) is 1. The summed E-state index contributed by atoms with van der Waals surface area (Å²) in [6.07, 6.45) is 2.76. The maximum Gasteiger partial charge on any atom is 0.337 e. The van der Waals surface area contributed by atoms with Crippen LogP contribution in [0.15, 0.2) is 5.70 Å². The van der Waals surface area contributed by atoms with Gasteiger partial charge in [-0.2, -0.15) is 4.28 Å². The summed E-state index contributed by atoms with van der Waals surface area (Å²) in [5.74, 6) is -0.898. The van der Waals surface area contributed by atoms with Gasteiger partial charge in [-0.3, -0.25) is 0 Å². The number of hydrogen-bond acceptors (Lipinski definition) is 6. The lowest BCUT2D eigenvalue weighted by atomic mass is 9.76. The Kier molecular flexibility index (Phi) is 4.01. The van der Waals surface area contributed by atoms with E-state index >= 15 is 0 Å². The van der Waals surface area contributed by atoms with Crippen molar-refractivity contribution < 1.29 is 19.3 Å². The molecule has 0 radical (unpaired) electrons. The summed E-state index contributed by atoms with van der Waals surface area (Å²) in [6, 6.07) is 0. The Labute approximate surface area is 137 Å². The minimum absolute atomic E-state index is 0.125. The fraction of sp³-hybridized carbons (Fsp3) is 0.533. The van der Waals surface area contributed by atoms with Crippen molar-refractivity contribution in [3.63, 3.8) is 0 Å².